The first kappa shape index (κ1) is 24.9. The molecule has 8 rings (SSSR count). The standard InChI is InChI=1S/C39H26N4/c1-5-13-27(14-6-1)30-21-23-33-34-25-31(22-24-35(34)43(36(33)26-30)32-19-11-4-12-20-32)39-41-37(28-15-7-2-8-16-28)40-38(42-39)29-17-9-3-10-18-29/h1-26H. The van der Waals surface area contributed by atoms with E-state index in [0.29, 0.717) is 17.5 Å². The summed E-state index contributed by atoms with van der Waals surface area (Å²) in [6.07, 6.45) is 0. The van der Waals surface area contributed by atoms with Crippen LogP contribution in [0.3, 0.4) is 0 Å². The second-order valence-corrected chi connectivity index (χ2v) is 10.5. The van der Waals surface area contributed by atoms with Crippen LogP contribution in [-0.2, 0) is 0 Å². The first-order chi connectivity index (χ1) is 21.3. The Labute approximate surface area is 249 Å². The molecule has 0 spiro atoms. The smallest absolute Gasteiger partial charge is 0.164 e. The van der Waals surface area contributed by atoms with Crippen LogP contribution in [0.1, 0.15) is 0 Å². The van der Waals surface area contributed by atoms with Gasteiger partial charge in [-0.05, 0) is 47.5 Å². The topological polar surface area (TPSA) is 43.6 Å². The fourth-order valence-corrected chi connectivity index (χ4v) is 5.76. The van der Waals surface area contributed by atoms with Gasteiger partial charge in [-0.2, -0.15) is 0 Å². The van der Waals surface area contributed by atoms with Crippen LogP contribution in [0.5, 0.6) is 0 Å². The average molecular weight is 551 g/mol. The molecule has 0 aliphatic carbocycles. The summed E-state index contributed by atoms with van der Waals surface area (Å²) in [5.74, 6) is 1.96. The zero-order valence-corrected chi connectivity index (χ0v) is 23.3. The van der Waals surface area contributed by atoms with Crippen LogP contribution in [0.15, 0.2) is 158 Å². The van der Waals surface area contributed by atoms with E-state index in [0.717, 1.165) is 38.8 Å². The first-order valence-electron chi connectivity index (χ1n) is 14.4. The van der Waals surface area contributed by atoms with E-state index in [-0.39, 0.29) is 0 Å². The molecular formula is C39H26N4. The maximum absolute atomic E-state index is 4.98. The van der Waals surface area contributed by atoms with Crippen LogP contribution < -0.4 is 0 Å². The van der Waals surface area contributed by atoms with Gasteiger partial charge in [0.2, 0.25) is 0 Å². The Morgan fingerprint density at radius 3 is 1.40 bits per heavy atom. The molecule has 0 amide bonds. The van der Waals surface area contributed by atoms with E-state index in [1.807, 2.05) is 60.7 Å². The molecular weight excluding hydrogens is 524 g/mol. The molecule has 0 bridgehead atoms. The number of rotatable bonds is 5. The normalized spacial score (nSPS) is 11.3. The lowest BCUT2D eigenvalue weighted by molar-refractivity contribution is 1.07. The van der Waals surface area contributed by atoms with E-state index >= 15 is 0 Å². The van der Waals surface area contributed by atoms with Crippen molar-refractivity contribution in [3.63, 3.8) is 0 Å². The van der Waals surface area contributed by atoms with Crippen molar-refractivity contribution in [2.24, 2.45) is 0 Å². The molecule has 0 fully saturated rings. The number of benzene rings is 6. The summed E-state index contributed by atoms with van der Waals surface area (Å²) < 4.78 is 2.35. The third-order valence-corrected chi connectivity index (χ3v) is 7.85. The molecule has 4 nitrogen and oxygen atoms in total. The van der Waals surface area contributed by atoms with Crippen molar-refractivity contribution in [1.29, 1.82) is 0 Å². The Balaban J connectivity index is 1.36. The maximum atomic E-state index is 4.98. The highest BCUT2D eigenvalue weighted by Gasteiger charge is 2.17. The Morgan fingerprint density at radius 1 is 0.326 bits per heavy atom. The van der Waals surface area contributed by atoms with Crippen molar-refractivity contribution in [2.75, 3.05) is 0 Å². The minimum Gasteiger partial charge on any atom is -0.309 e. The summed E-state index contributed by atoms with van der Waals surface area (Å²) in [5, 5.41) is 2.33. The monoisotopic (exact) mass is 550 g/mol. The van der Waals surface area contributed by atoms with Crippen molar-refractivity contribution < 1.29 is 0 Å². The molecule has 6 aromatic carbocycles. The van der Waals surface area contributed by atoms with E-state index in [1.165, 1.54) is 16.5 Å². The minimum absolute atomic E-state index is 0.649. The van der Waals surface area contributed by atoms with Gasteiger partial charge in [-0.1, -0.05) is 121 Å². The van der Waals surface area contributed by atoms with Gasteiger partial charge in [-0.25, -0.2) is 15.0 Å². The van der Waals surface area contributed by atoms with Gasteiger partial charge in [0.05, 0.1) is 11.0 Å². The Hall–Kier alpha value is -5.87. The third kappa shape index (κ3) is 4.55. The molecule has 202 valence electrons. The largest absolute Gasteiger partial charge is 0.309 e. The summed E-state index contributed by atoms with van der Waals surface area (Å²) >= 11 is 0. The number of hydrogen-bond acceptors (Lipinski definition) is 3. The molecule has 2 heterocycles. The van der Waals surface area contributed by atoms with Gasteiger partial charge in [-0.3, -0.25) is 0 Å². The molecule has 0 radical (unpaired) electrons. The second kappa shape index (κ2) is 10.5. The van der Waals surface area contributed by atoms with Crippen LogP contribution in [0.25, 0.3) is 72.8 Å². The Kier molecular flexibility index (Phi) is 6.08. The number of fused-ring (bicyclic) bond motifs is 3. The molecule has 2 aromatic heterocycles. The SMILES string of the molecule is c1ccc(-c2ccc3c4cc(-c5nc(-c6ccccc6)nc(-c6ccccc6)n5)ccc4n(-c4ccccc4)c3c2)cc1. The molecule has 4 heteroatoms. The van der Waals surface area contributed by atoms with Crippen LogP contribution in [0.2, 0.25) is 0 Å². The number of nitrogens with zero attached hydrogens (tertiary/aromatic N) is 4. The molecule has 0 atom stereocenters. The van der Waals surface area contributed by atoms with Gasteiger partial charge in [0.25, 0.3) is 0 Å². The zero-order valence-electron chi connectivity index (χ0n) is 23.3. The predicted octanol–water partition coefficient (Wildman–Crippen LogP) is 9.64. The molecule has 0 aliphatic heterocycles. The van der Waals surface area contributed by atoms with Crippen molar-refractivity contribution in [3.05, 3.63) is 158 Å². The highest BCUT2D eigenvalue weighted by atomic mass is 15.0. The zero-order chi connectivity index (χ0) is 28.6. The number of hydrogen-bond donors (Lipinski definition) is 0. The molecule has 0 saturated heterocycles. The molecule has 0 saturated carbocycles. The van der Waals surface area contributed by atoms with Crippen LogP contribution in [0.4, 0.5) is 0 Å². The average Bonchev–Trinajstić information content (AvgIpc) is 3.42. The van der Waals surface area contributed by atoms with Gasteiger partial charge in [0.1, 0.15) is 0 Å². The molecule has 43 heavy (non-hydrogen) atoms. The highest BCUT2D eigenvalue weighted by molar-refractivity contribution is 6.11. The van der Waals surface area contributed by atoms with E-state index < -0.39 is 0 Å². The summed E-state index contributed by atoms with van der Waals surface area (Å²) in [6.45, 7) is 0. The van der Waals surface area contributed by atoms with Crippen LogP contribution in [-0.4, -0.2) is 19.5 Å². The summed E-state index contributed by atoms with van der Waals surface area (Å²) in [4.78, 5) is 14.8. The van der Waals surface area contributed by atoms with Gasteiger partial charge in [-0.15, -0.1) is 0 Å². The maximum Gasteiger partial charge on any atom is 0.164 e. The predicted molar refractivity (Wildman–Crippen MR) is 176 cm³/mol. The summed E-state index contributed by atoms with van der Waals surface area (Å²) in [6, 6.07) is 54.5. The molecule has 0 N–H and O–H groups in total. The number of para-hydroxylation sites is 1. The Bertz CT molecular complexity index is 2150. The molecule has 8 aromatic rings. The molecule has 0 aliphatic rings. The fourth-order valence-electron chi connectivity index (χ4n) is 5.76. The van der Waals surface area contributed by atoms with E-state index in [4.69, 9.17) is 15.0 Å². The third-order valence-electron chi connectivity index (χ3n) is 7.85. The van der Waals surface area contributed by atoms with Crippen LogP contribution >= 0.6 is 0 Å². The summed E-state index contributed by atoms with van der Waals surface area (Å²) in [5.41, 5.74) is 8.66. The van der Waals surface area contributed by atoms with Gasteiger partial charge in [0.15, 0.2) is 17.5 Å². The quantitative estimate of drug-likeness (QED) is 0.214. The van der Waals surface area contributed by atoms with Crippen molar-refractivity contribution in [1.82, 2.24) is 19.5 Å². The van der Waals surface area contributed by atoms with Crippen molar-refractivity contribution >= 4 is 21.8 Å². The number of aromatic nitrogens is 4. The summed E-state index contributed by atoms with van der Waals surface area (Å²) in [7, 11) is 0. The van der Waals surface area contributed by atoms with Crippen molar-refractivity contribution in [3.8, 4) is 51.0 Å². The van der Waals surface area contributed by atoms with Gasteiger partial charge < -0.3 is 4.57 Å². The van der Waals surface area contributed by atoms with Crippen molar-refractivity contribution in [2.45, 2.75) is 0 Å². The van der Waals surface area contributed by atoms with Gasteiger partial charge in [0, 0.05) is 33.2 Å². The fraction of sp³-hybridized carbons (Fsp3) is 0. The van der Waals surface area contributed by atoms with E-state index in [1.54, 1.807) is 0 Å². The lowest BCUT2D eigenvalue weighted by Crippen LogP contribution is -2.00. The second-order valence-electron chi connectivity index (χ2n) is 10.5. The minimum atomic E-state index is 0.649. The Morgan fingerprint density at radius 2 is 0.814 bits per heavy atom. The highest BCUT2D eigenvalue weighted by Crippen LogP contribution is 2.37. The van der Waals surface area contributed by atoms with Gasteiger partial charge >= 0.3 is 0 Å². The lowest BCUT2D eigenvalue weighted by Gasteiger charge is -2.10. The van der Waals surface area contributed by atoms with E-state index in [9.17, 15) is 0 Å². The first-order valence-corrected chi connectivity index (χ1v) is 14.4. The molecule has 0 unspecified atom stereocenters. The van der Waals surface area contributed by atoms with Crippen LogP contribution in [0, 0.1) is 0 Å². The van der Waals surface area contributed by atoms with E-state index in [2.05, 4.69) is 102 Å². The lowest BCUT2D eigenvalue weighted by atomic mass is 10.0.